The van der Waals surface area contributed by atoms with E-state index in [9.17, 15) is 14.0 Å². The van der Waals surface area contributed by atoms with Crippen LogP contribution in [0.1, 0.15) is 11.1 Å². The molecule has 172 valence electrons. The highest BCUT2D eigenvalue weighted by atomic mass is 35.5. The number of nitrogens with zero attached hydrogens (tertiary/aromatic N) is 1. The highest BCUT2D eigenvalue weighted by molar-refractivity contribution is 6.36. The van der Waals surface area contributed by atoms with Crippen molar-refractivity contribution in [1.29, 1.82) is 0 Å². The minimum absolute atomic E-state index is 0.00897. The maximum absolute atomic E-state index is 13.3. The van der Waals surface area contributed by atoms with E-state index >= 15 is 0 Å². The fraction of sp³-hybridized carbons (Fsp3) is 0.200. The molecule has 3 aromatic carbocycles. The zero-order valence-electron chi connectivity index (χ0n) is 17.9. The molecule has 0 aliphatic carbocycles. The highest BCUT2D eigenvalue weighted by Gasteiger charge is 2.31. The van der Waals surface area contributed by atoms with Gasteiger partial charge in [-0.15, -0.1) is 0 Å². The van der Waals surface area contributed by atoms with Gasteiger partial charge < -0.3 is 15.0 Å². The average molecular weight is 489 g/mol. The van der Waals surface area contributed by atoms with Crippen molar-refractivity contribution in [1.82, 2.24) is 10.2 Å². The van der Waals surface area contributed by atoms with Crippen LogP contribution in [-0.2, 0) is 22.6 Å². The van der Waals surface area contributed by atoms with Gasteiger partial charge in [-0.2, -0.15) is 0 Å². The van der Waals surface area contributed by atoms with Crippen LogP contribution in [0.15, 0.2) is 72.8 Å². The number of carbonyl (C=O) groups excluding carboxylic acids is 2. The Hall–Kier alpha value is -3.09. The van der Waals surface area contributed by atoms with E-state index in [0.717, 1.165) is 5.56 Å². The summed E-state index contributed by atoms with van der Waals surface area (Å²) in [7, 11) is 1.51. The van der Waals surface area contributed by atoms with Crippen molar-refractivity contribution in [2.45, 2.75) is 19.0 Å². The van der Waals surface area contributed by atoms with Crippen LogP contribution < -0.4 is 10.1 Å². The van der Waals surface area contributed by atoms with Gasteiger partial charge >= 0.3 is 0 Å². The fourth-order valence-corrected chi connectivity index (χ4v) is 3.85. The summed E-state index contributed by atoms with van der Waals surface area (Å²) in [5.41, 5.74) is 1.41. The van der Waals surface area contributed by atoms with Crippen molar-refractivity contribution in [3.8, 4) is 5.75 Å². The molecule has 5 nitrogen and oxygen atoms in total. The molecule has 0 bridgehead atoms. The molecule has 0 radical (unpaired) electrons. The number of hydrogen-bond acceptors (Lipinski definition) is 3. The summed E-state index contributed by atoms with van der Waals surface area (Å²) in [5, 5.41) is 3.40. The molecule has 3 rings (SSSR count). The molecule has 33 heavy (non-hydrogen) atoms. The summed E-state index contributed by atoms with van der Waals surface area (Å²) in [6, 6.07) is 18.9. The molecule has 0 aliphatic heterocycles. The van der Waals surface area contributed by atoms with E-state index < -0.39 is 17.8 Å². The van der Waals surface area contributed by atoms with E-state index in [4.69, 9.17) is 27.9 Å². The lowest BCUT2D eigenvalue weighted by Gasteiger charge is -2.31. The van der Waals surface area contributed by atoms with E-state index in [1.807, 2.05) is 30.3 Å². The van der Waals surface area contributed by atoms with Crippen molar-refractivity contribution >= 4 is 35.0 Å². The maximum atomic E-state index is 13.3. The normalized spacial score (nSPS) is 11.5. The molecule has 0 fully saturated rings. The van der Waals surface area contributed by atoms with Gasteiger partial charge in [0.05, 0.1) is 0 Å². The quantitative estimate of drug-likeness (QED) is 0.466. The van der Waals surface area contributed by atoms with Gasteiger partial charge in [-0.1, -0.05) is 59.6 Å². The molecule has 0 heterocycles. The predicted octanol–water partition coefficient (Wildman–Crippen LogP) is 4.90. The molecule has 0 aromatic heterocycles. The van der Waals surface area contributed by atoms with Crippen LogP contribution >= 0.6 is 23.2 Å². The Labute approximate surface area is 202 Å². The third-order valence-corrected chi connectivity index (χ3v) is 5.79. The molecule has 2 amide bonds. The first-order chi connectivity index (χ1) is 15.9. The first-order valence-electron chi connectivity index (χ1n) is 10.2. The topological polar surface area (TPSA) is 58.6 Å². The zero-order valence-corrected chi connectivity index (χ0v) is 19.4. The van der Waals surface area contributed by atoms with Crippen LogP contribution in [0.2, 0.25) is 10.0 Å². The minimum Gasteiger partial charge on any atom is -0.484 e. The first kappa shape index (κ1) is 24.6. The van der Waals surface area contributed by atoms with Crippen molar-refractivity contribution in [3.05, 3.63) is 99.8 Å². The summed E-state index contributed by atoms with van der Waals surface area (Å²) in [6.07, 6.45) is 0.283. The molecule has 0 spiro atoms. The molecular weight excluding hydrogens is 466 g/mol. The SMILES string of the molecule is CNC(=O)[C@H](Cc1ccccc1)N(Cc1c(Cl)cccc1Cl)C(=O)COc1ccc(F)cc1. The van der Waals surface area contributed by atoms with Gasteiger partial charge in [0.25, 0.3) is 5.91 Å². The third-order valence-electron chi connectivity index (χ3n) is 5.08. The van der Waals surface area contributed by atoms with Gasteiger partial charge in [0.2, 0.25) is 5.91 Å². The Balaban J connectivity index is 1.91. The Morgan fingerprint density at radius 1 is 0.970 bits per heavy atom. The lowest BCUT2D eigenvalue weighted by molar-refractivity contribution is -0.142. The van der Waals surface area contributed by atoms with E-state index in [1.165, 1.54) is 36.2 Å². The van der Waals surface area contributed by atoms with Crippen molar-refractivity contribution in [3.63, 3.8) is 0 Å². The van der Waals surface area contributed by atoms with Gasteiger partial charge in [-0.05, 0) is 42.0 Å². The van der Waals surface area contributed by atoms with Gasteiger partial charge in [0, 0.05) is 35.6 Å². The van der Waals surface area contributed by atoms with Gasteiger partial charge in [0.1, 0.15) is 17.6 Å². The third kappa shape index (κ3) is 6.70. The molecule has 8 heteroatoms. The summed E-state index contributed by atoms with van der Waals surface area (Å²) >= 11 is 12.7. The molecule has 0 saturated carbocycles. The van der Waals surface area contributed by atoms with Crippen LogP contribution in [0.3, 0.4) is 0 Å². The molecule has 0 unspecified atom stereocenters. The molecular formula is C25H23Cl2FN2O3. The second kappa shape index (κ2) is 11.7. The summed E-state index contributed by atoms with van der Waals surface area (Å²) < 4.78 is 18.7. The first-order valence-corrected chi connectivity index (χ1v) is 11.0. The van der Waals surface area contributed by atoms with E-state index in [0.29, 0.717) is 21.4 Å². The van der Waals surface area contributed by atoms with E-state index in [1.54, 1.807) is 18.2 Å². The van der Waals surface area contributed by atoms with Crippen LogP contribution in [0, 0.1) is 5.82 Å². The Kier molecular flexibility index (Phi) is 8.69. The number of amides is 2. The van der Waals surface area contributed by atoms with Crippen LogP contribution in [0.4, 0.5) is 4.39 Å². The number of benzene rings is 3. The van der Waals surface area contributed by atoms with Crippen LogP contribution in [0.5, 0.6) is 5.75 Å². The van der Waals surface area contributed by atoms with Gasteiger partial charge in [-0.3, -0.25) is 9.59 Å². The predicted molar refractivity (Wildman–Crippen MR) is 127 cm³/mol. The number of carbonyl (C=O) groups is 2. The lowest BCUT2D eigenvalue weighted by Crippen LogP contribution is -2.51. The minimum atomic E-state index is -0.839. The molecule has 0 aliphatic rings. The van der Waals surface area contributed by atoms with Gasteiger partial charge in [0.15, 0.2) is 6.61 Å². The maximum Gasteiger partial charge on any atom is 0.261 e. The monoisotopic (exact) mass is 488 g/mol. The standard InChI is InChI=1S/C25H23Cl2FN2O3/c1-29-25(32)23(14-17-6-3-2-4-7-17)30(15-20-21(26)8-5-9-22(20)27)24(31)16-33-19-12-10-18(28)11-13-19/h2-13,23H,14-16H2,1H3,(H,29,32)/t23-/m0/s1. The fourth-order valence-electron chi connectivity index (χ4n) is 3.33. The number of ether oxygens (including phenoxy) is 1. The Bertz CT molecular complexity index is 1070. The smallest absolute Gasteiger partial charge is 0.261 e. The van der Waals surface area contributed by atoms with Gasteiger partial charge in [-0.25, -0.2) is 4.39 Å². The van der Waals surface area contributed by atoms with Crippen LogP contribution in [0.25, 0.3) is 0 Å². The number of nitrogens with one attached hydrogen (secondary N) is 1. The molecule has 0 saturated heterocycles. The zero-order chi connectivity index (χ0) is 23.8. The van der Waals surface area contributed by atoms with E-state index in [-0.39, 0.29) is 25.5 Å². The second-order valence-corrected chi connectivity index (χ2v) is 8.10. The summed E-state index contributed by atoms with van der Waals surface area (Å²) in [6.45, 7) is -0.342. The Morgan fingerprint density at radius 3 is 2.21 bits per heavy atom. The largest absolute Gasteiger partial charge is 0.484 e. The van der Waals surface area contributed by atoms with Crippen LogP contribution in [-0.4, -0.2) is 36.4 Å². The average Bonchev–Trinajstić information content (AvgIpc) is 2.82. The van der Waals surface area contributed by atoms with Crippen molar-refractivity contribution in [2.75, 3.05) is 13.7 Å². The molecule has 1 N–H and O–H groups in total. The van der Waals surface area contributed by atoms with Crippen molar-refractivity contribution in [2.24, 2.45) is 0 Å². The summed E-state index contributed by atoms with van der Waals surface area (Å²) in [4.78, 5) is 27.6. The summed E-state index contributed by atoms with van der Waals surface area (Å²) in [5.74, 6) is -0.858. The lowest BCUT2D eigenvalue weighted by atomic mass is 10.0. The number of rotatable bonds is 9. The number of halogens is 3. The Morgan fingerprint density at radius 2 is 1.61 bits per heavy atom. The number of hydrogen-bond donors (Lipinski definition) is 1. The molecule has 1 atom stereocenters. The molecule has 3 aromatic rings. The van der Waals surface area contributed by atoms with Crippen molar-refractivity contribution < 1.29 is 18.7 Å². The highest BCUT2D eigenvalue weighted by Crippen LogP contribution is 2.27. The second-order valence-electron chi connectivity index (χ2n) is 7.28. The number of likely N-dealkylation sites (N-methyl/N-ethyl adjacent to an activating group) is 1. The van der Waals surface area contributed by atoms with E-state index in [2.05, 4.69) is 5.32 Å².